The lowest BCUT2D eigenvalue weighted by Crippen LogP contribution is -2.64. The minimum absolute atomic E-state index is 0.0177. The molecule has 1 saturated carbocycles. The Balaban J connectivity index is 1.31. The van der Waals surface area contributed by atoms with Crippen LogP contribution in [0.3, 0.4) is 0 Å². The molecule has 2 aromatic carbocycles. The van der Waals surface area contributed by atoms with Gasteiger partial charge in [-0.05, 0) is 122 Å². The van der Waals surface area contributed by atoms with Crippen molar-refractivity contribution in [2.24, 2.45) is 11.8 Å². The van der Waals surface area contributed by atoms with E-state index in [4.69, 9.17) is 0 Å². The van der Waals surface area contributed by atoms with E-state index in [1.165, 1.54) is 22.5 Å². The van der Waals surface area contributed by atoms with Crippen LogP contribution in [-0.2, 0) is 35.3 Å². The minimum Gasteiger partial charge on any atom is -0.851 e. The fourth-order valence-electron chi connectivity index (χ4n) is 9.74. The monoisotopic (exact) mass is 654 g/mol. The first-order chi connectivity index (χ1) is 23.3. The van der Waals surface area contributed by atoms with Gasteiger partial charge in [0, 0.05) is 60.8 Å². The normalized spacial score (nSPS) is 24.2. The Kier molecular flexibility index (Phi) is 9.51. The number of nitrogens with zero attached hydrogens (tertiary/aromatic N) is 2. The van der Waals surface area contributed by atoms with Crippen LogP contribution in [0.5, 0.6) is 0 Å². The molecule has 5 aliphatic rings. The highest BCUT2D eigenvalue weighted by Crippen LogP contribution is 2.54. The van der Waals surface area contributed by atoms with Crippen molar-refractivity contribution in [1.29, 1.82) is 0 Å². The third-order valence-electron chi connectivity index (χ3n) is 12.5. The van der Waals surface area contributed by atoms with Crippen molar-refractivity contribution in [1.82, 2.24) is 0 Å². The van der Waals surface area contributed by atoms with Crippen molar-refractivity contribution in [2.45, 2.75) is 129 Å². The minimum atomic E-state index is -1.16. The molecule has 7 rings (SSSR count). The molecule has 2 N–H and O–H groups in total. The first-order valence-electron chi connectivity index (χ1n) is 19.1. The molecule has 1 aliphatic carbocycles. The van der Waals surface area contributed by atoms with Crippen LogP contribution in [-0.4, -0.2) is 50.2 Å². The molecule has 48 heavy (non-hydrogen) atoms. The fourth-order valence-corrected chi connectivity index (χ4v) is 9.74. The van der Waals surface area contributed by atoms with Gasteiger partial charge in [0.05, 0.1) is 0 Å². The number of carbonyl (C=O) groups excluding carboxylic acids is 2. The lowest BCUT2D eigenvalue weighted by atomic mass is 9.61. The third-order valence-corrected chi connectivity index (χ3v) is 12.5. The van der Waals surface area contributed by atoms with Crippen molar-refractivity contribution >= 4 is 34.6 Å². The second-order valence-corrected chi connectivity index (χ2v) is 15.0. The van der Waals surface area contributed by atoms with E-state index in [9.17, 15) is 19.8 Å². The van der Waals surface area contributed by atoms with Gasteiger partial charge in [0.2, 0.25) is 11.8 Å². The molecule has 1 fully saturated rings. The van der Waals surface area contributed by atoms with Crippen molar-refractivity contribution in [3.05, 3.63) is 45.5 Å². The number of nitrogens with one attached hydrogen (secondary N) is 2. The van der Waals surface area contributed by atoms with E-state index in [1.807, 2.05) is 27.7 Å². The molecule has 8 heteroatoms. The molecular formula is C40H54N4O4-2. The van der Waals surface area contributed by atoms with E-state index >= 15 is 0 Å². The fraction of sp³-hybridized carbons (Fsp3) is 0.650. The number of benzene rings is 2. The van der Waals surface area contributed by atoms with Crippen LogP contribution in [0, 0.1) is 11.8 Å². The van der Waals surface area contributed by atoms with E-state index in [-0.39, 0.29) is 23.7 Å². The summed E-state index contributed by atoms with van der Waals surface area (Å²) in [5.74, 6) is -1.77. The predicted molar refractivity (Wildman–Crippen MR) is 189 cm³/mol. The van der Waals surface area contributed by atoms with E-state index < -0.39 is 24.0 Å². The second kappa shape index (κ2) is 13.7. The molecule has 4 aliphatic heterocycles. The average Bonchev–Trinajstić information content (AvgIpc) is 3.09. The van der Waals surface area contributed by atoms with Gasteiger partial charge in [-0.2, -0.15) is 0 Å². The first kappa shape index (κ1) is 33.4. The van der Waals surface area contributed by atoms with E-state index in [0.29, 0.717) is 0 Å². The molecule has 0 aromatic heterocycles. The molecule has 0 atom stereocenters. The summed E-state index contributed by atoms with van der Waals surface area (Å²) in [6, 6.07) is 4.22. The number of carbonyl (C=O) groups is 2. The van der Waals surface area contributed by atoms with E-state index in [2.05, 4.69) is 32.6 Å². The molecule has 0 bridgehead atoms. The van der Waals surface area contributed by atoms with Gasteiger partial charge in [-0.1, -0.05) is 39.8 Å². The van der Waals surface area contributed by atoms with Gasteiger partial charge in [-0.25, -0.2) is 0 Å². The highest BCUT2D eigenvalue weighted by atomic mass is 16.3. The Morgan fingerprint density at radius 3 is 1.35 bits per heavy atom. The Bertz CT molecular complexity index is 1440. The number of amides is 2. The van der Waals surface area contributed by atoms with Gasteiger partial charge >= 0.3 is 0 Å². The summed E-state index contributed by atoms with van der Waals surface area (Å²) in [6.45, 7) is 12.2. The molecule has 0 radical (unpaired) electrons. The van der Waals surface area contributed by atoms with Gasteiger partial charge in [0.25, 0.3) is 0 Å². The quantitative estimate of drug-likeness (QED) is 0.366. The molecule has 0 spiro atoms. The molecule has 260 valence electrons. The lowest BCUT2D eigenvalue weighted by Gasteiger charge is -2.62. The first-order valence-corrected chi connectivity index (χ1v) is 19.1. The van der Waals surface area contributed by atoms with Crippen LogP contribution < -0.4 is 30.6 Å². The number of anilines is 4. The average molecular weight is 655 g/mol. The Morgan fingerprint density at radius 2 is 1.00 bits per heavy atom. The Hall–Kier alpha value is -3.10. The van der Waals surface area contributed by atoms with Gasteiger partial charge in [0.1, 0.15) is 0 Å². The van der Waals surface area contributed by atoms with Gasteiger partial charge in [-0.15, -0.1) is 12.2 Å². The highest BCUT2D eigenvalue weighted by Gasteiger charge is 2.44. The van der Waals surface area contributed by atoms with Crippen LogP contribution in [0.2, 0.25) is 0 Å². The van der Waals surface area contributed by atoms with Gasteiger partial charge in [-0.3, -0.25) is 9.59 Å². The zero-order chi connectivity index (χ0) is 33.7. The van der Waals surface area contributed by atoms with Crippen molar-refractivity contribution in [2.75, 3.05) is 46.6 Å². The van der Waals surface area contributed by atoms with Crippen LogP contribution in [0.15, 0.2) is 12.1 Å². The number of rotatable bonds is 10. The second-order valence-electron chi connectivity index (χ2n) is 15.0. The smallest absolute Gasteiger partial charge is 0.227 e. The van der Waals surface area contributed by atoms with Crippen LogP contribution in [0.25, 0.3) is 0 Å². The Morgan fingerprint density at radius 1 is 0.646 bits per heavy atom. The zero-order valence-electron chi connectivity index (χ0n) is 29.5. The number of aryl methyl sites for hydroxylation is 2. The van der Waals surface area contributed by atoms with Crippen LogP contribution >= 0.6 is 0 Å². The van der Waals surface area contributed by atoms with Crippen molar-refractivity contribution < 1.29 is 19.8 Å². The molecule has 0 unspecified atom stereocenters. The number of hydrogen-bond donors (Lipinski definition) is 2. The zero-order valence-corrected chi connectivity index (χ0v) is 29.5. The van der Waals surface area contributed by atoms with Crippen LogP contribution in [0.4, 0.5) is 22.7 Å². The summed E-state index contributed by atoms with van der Waals surface area (Å²) in [5, 5.41) is 36.0. The molecular weight excluding hydrogens is 600 g/mol. The molecule has 2 amide bonds. The summed E-state index contributed by atoms with van der Waals surface area (Å²) in [4.78, 5) is 32.1. The summed E-state index contributed by atoms with van der Waals surface area (Å²) >= 11 is 0. The summed E-state index contributed by atoms with van der Waals surface area (Å²) in [5.41, 5.74) is 10.1. The SMILES string of the molecule is CCC(CC)C(=O)Nc1c(C2C([O-])C(c3cc4c5c(c3NC(=O)C(CC)CC)CCCN5CCC4)C2[O-])cc2c3c1CCCN3CCC2. The van der Waals surface area contributed by atoms with E-state index in [1.54, 1.807) is 0 Å². The summed E-state index contributed by atoms with van der Waals surface area (Å²) in [6.07, 6.45) is 8.26. The predicted octanol–water partition coefficient (Wildman–Crippen LogP) is 5.17. The topological polar surface area (TPSA) is 111 Å². The third kappa shape index (κ3) is 5.51. The maximum Gasteiger partial charge on any atom is 0.227 e. The highest BCUT2D eigenvalue weighted by molar-refractivity contribution is 5.97. The summed E-state index contributed by atoms with van der Waals surface area (Å²) in [7, 11) is 0. The van der Waals surface area contributed by atoms with Crippen molar-refractivity contribution in [3.8, 4) is 0 Å². The number of hydrogen-bond acceptors (Lipinski definition) is 6. The van der Waals surface area contributed by atoms with Gasteiger partial charge < -0.3 is 30.6 Å². The lowest BCUT2D eigenvalue weighted by molar-refractivity contribution is -0.535. The van der Waals surface area contributed by atoms with E-state index in [0.717, 1.165) is 137 Å². The standard InChI is InChI=1S/C40H54N4O4/c1-5-23(6-2)39(47)41-33-27-15-11-19-43-17-9-13-25(35(27)43)21-29(33)31-37(45)32(38(31)46)30-22-26-14-10-18-44-20-12-16-28(36(26)44)34(30)42-40(48)24(7-3)8-4/h21-24,31-32,37-38H,5-20H2,1-4H3,(H,41,47)(H,42,48)/q-2. The van der Waals surface area contributed by atoms with Crippen LogP contribution in [0.1, 0.15) is 124 Å². The molecule has 8 nitrogen and oxygen atoms in total. The molecule has 0 saturated heterocycles. The molecule has 4 heterocycles. The maximum atomic E-state index is 14.7. The van der Waals surface area contributed by atoms with Gasteiger partial charge in [0.15, 0.2) is 0 Å². The largest absolute Gasteiger partial charge is 0.851 e. The maximum absolute atomic E-state index is 14.7. The van der Waals surface area contributed by atoms with Crippen molar-refractivity contribution in [3.63, 3.8) is 0 Å². The molecule has 2 aromatic rings. The summed E-state index contributed by atoms with van der Waals surface area (Å²) < 4.78 is 0. The Labute approximate surface area is 286 Å².